The number of rotatable bonds is 14. The summed E-state index contributed by atoms with van der Waals surface area (Å²) in [7, 11) is 0. The molecule has 0 aromatic heterocycles. The number of hydrogen-bond acceptors (Lipinski definition) is 4. The first kappa shape index (κ1) is 28.5. The molecule has 2 rings (SSSR count). The lowest BCUT2D eigenvalue weighted by molar-refractivity contribution is 0.0697. The maximum absolute atomic E-state index is 11.5. The molecule has 0 radical (unpaired) electrons. The molecule has 5 nitrogen and oxygen atoms in total. The van der Waals surface area contributed by atoms with Crippen LogP contribution in [0, 0.1) is 0 Å². The van der Waals surface area contributed by atoms with Gasteiger partial charge in [-0.05, 0) is 74.9 Å². The first-order chi connectivity index (χ1) is 15.9. The molecule has 0 spiro atoms. The quantitative estimate of drug-likeness (QED) is 0.237. The Morgan fingerprint density at radius 1 is 1.18 bits per heavy atom. The summed E-state index contributed by atoms with van der Waals surface area (Å²) < 4.78 is 6.04. The van der Waals surface area contributed by atoms with E-state index in [4.69, 9.17) is 16.3 Å². The summed E-state index contributed by atoms with van der Waals surface area (Å²) in [5, 5.41) is 19.8. The van der Waals surface area contributed by atoms with Crippen molar-refractivity contribution in [3.63, 3.8) is 0 Å². The summed E-state index contributed by atoms with van der Waals surface area (Å²) in [5.41, 5.74) is 2.20. The van der Waals surface area contributed by atoms with Crippen LogP contribution < -0.4 is 9.64 Å². The highest BCUT2D eigenvalue weighted by atomic mass is 35.5. The molecule has 0 aliphatic rings. The number of hydrogen-bond donors (Lipinski definition) is 2. The number of nitrogens with zero attached hydrogens (tertiary/aromatic N) is 1. The molecular weight excluding hydrogens is 438 g/mol. The molecule has 2 aromatic carbocycles. The number of aliphatic hydroxyl groups excluding tert-OH is 1. The predicted molar refractivity (Wildman–Crippen MR) is 138 cm³/mol. The summed E-state index contributed by atoms with van der Waals surface area (Å²) in [6.45, 7) is 11.6. The van der Waals surface area contributed by atoms with Crippen molar-refractivity contribution in [1.82, 2.24) is 0 Å². The fourth-order valence-electron chi connectivity index (χ4n) is 3.38. The lowest BCUT2D eigenvalue weighted by atomic mass is 10.1. The Hall–Kier alpha value is -2.50. The molecule has 0 heterocycles. The molecule has 0 unspecified atom stereocenters. The maximum Gasteiger partial charge on any atom is 0.335 e. The zero-order valence-corrected chi connectivity index (χ0v) is 20.9. The van der Waals surface area contributed by atoms with Crippen molar-refractivity contribution in [3.05, 3.63) is 71.3 Å². The molecule has 0 saturated heterocycles. The highest BCUT2D eigenvalue weighted by Gasteiger charge is 2.15. The van der Waals surface area contributed by atoms with Gasteiger partial charge in [0.15, 0.2) is 0 Å². The third-order valence-corrected chi connectivity index (χ3v) is 5.37. The van der Waals surface area contributed by atoms with Crippen LogP contribution in [-0.2, 0) is 6.42 Å². The minimum absolute atomic E-state index is 0.230. The van der Waals surface area contributed by atoms with Crippen LogP contribution >= 0.6 is 11.6 Å². The minimum atomic E-state index is -0.965. The number of carboxylic acid groups (broad SMARTS) is 1. The van der Waals surface area contributed by atoms with E-state index in [2.05, 4.69) is 17.5 Å². The number of anilines is 1. The smallest absolute Gasteiger partial charge is 0.335 e. The number of halogens is 1. The van der Waals surface area contributed by atoms with E-state index < -0.39 is 12.1 Å². The summed E-state index contributed by atoms with van der Waals surface area (Å²) >= 11 is 6.03. The Morgan fingerprint density at radius 2 is 1.94 bits per heavy atom. The second kappa shape index (κ2) is 16.2. The second-order valence-electron chi connectivity index (χ2n) is 7.45. The third-order valence-electron chi connectivity index (χ3n) is 5.13. The molecule has 33 heavy (non-hydrogen) atoms. The zero-order chi connectivity index (χ0) is 24.6. The average molecular weight is 476 g/mol. The third kappa shape index (κ3) is 10.3. The number of aromatic carboxylic acids is 1. The number of carbonyl (C=O) groups is 1. The molecule has 182 valence electrons. The Balaban J connectivity index is 0.00000265. The van der Waals surface area contributed by atoms with Crippen LogP contribution in [0.2, 0.25) is 5.02 Å². The molecule has 0 amide bonds. The first-order valence-electron chi connectivity index (χ1n) is 11.7. The number of benzene rings is 2. The van der Waals surface area contributed by atoms with E-state index in [9.17, 15) is 15.0 Å². The number of carboxylic acids is 1. The lowest BCUT2D eigenvalue weighted by Crippen LogP contribution is -2.25. The second-order valence-corrected chi connectivity index (χ2v) is 7.88. The molecule has 2 N–H and O–H groups in total. The van der Waals surface area contributed by atoms with E-state index in [1.807, 2.05) is 39.0 Å². The number of aryl methyl sites for hydroxylation is 1. The van der Waals surface area contributed by atoms with E-state index in [0.29, 0.717) is 31.9 Å². The van der Waals surface area contributed by atoms with Gasteiger partial charge in [-0.1, -0.05) is 43.7 Å². The van der Waals surface area contributed by atoms with Gasteiger partial charge in [-0.2, -0.15) is 0 Å². The summed E-state index contributed by atoms with van der Waals surface area (Å²) in [4.78, 5) is 13.5. The van der Waals surface area contributed by atoms with Gasteiger partial charge in [-0.15, -0.1) is 6.58 Å². The van der Waals surface area contributed by atoms with Gasteiger partial charge in [0, 0.05) is 18.1 Å². The number of ether oxygens (including phenoxy) is 1. The largest absolute Gasteiger partial charge is 0.491 e. The van der Waals surface area contributed by atoms with E-state index >= 15 is 0 Å². The summed E-state index contributed by atoms with van der Waals surface area (Å²) in [6, 6.07) is 12.8. The van der Waals surface area contributed by atoms with Crippen molar-refractivity contribution in [2.75, 3.05) is 24.6 Å². The molecule has 0 saturated carbocycles. The molecule has 2 aromatic rings. The summed E-state index contributed by atoms with van der Waals surface area (Å²) in [6.07, 6.45) is 5.15. The van der Waals surface area contributed by atoms with Crippen molar-refractivity contribution in [2.45, 2.75) is 59.0 Å². The van der Waals surface area contributed by atoms with Crippen LogP contribution in [0.3, 0.4) is 0 Å². The fourth-order valence-corrected chi connectivity index (χ4v) is 3.60. The van der Waals surface area contributed by atoms with Crippen LogP contribution in [-0.4, -0.2) is 42.0 Å². The van der Waals surface area contributed by atoms with E-state index in [0.717, 1.165) is 36.4 Å². The SMILES string of the molecule is C=C[C@H](O)CCCN(CC)c1cc(C(=O)O)ccc1OCCCCc1cccc(Cl)c1.CC. The highest BCUT2D eigenvalue weighted by molar-refractivity contribution is 6.30. The maximum atomic E-state index is 11.5. The normalized spacial score (nSPS) is 11.2. The molecular formula is C27H38ClNO4. The van der Waals surface area contributed by atoms with E-state index in [1.54, 1.807) is 18.2 Å². The summed E-state index contributed by atoms with van der Waals surface area (Å²) in [5.74, 6) is -0.286. The number of unbranched alkanes of at least 4 members (excludes halogenated alkanes) is 1. The fraction of sp³-hybridized carbons (Fsp3) is 0.444. The van der Waals surface area contributed by atoms with Crippen molar-refractivity contribution in [1.29, 1.82) is 0 Å². The topological polar surface area (TPSA) is 70.0 Å². The molecule has 1 atom stereocenters. The van der Waals surface area contributed by atoms with Gasteiger partial charge in [0.25, 0.3) is 0 Å². The van der Waals surface area contributed by atoms with Crippen LogP contribution in [0.1, 0.15) is 62.4 Å². The van der Waals surface area contributed by atoms with E-state index in [1.165, 1.54) is 11.6 Å². The standard InChI is InChI=1S/C25H32ClNO4.C2H6/c1-3-22(28)12-8-15-27(4-2)23-18-20(25(29)30)13-14-24(23)31-16-6-5-9-19-10-7-11-21(26)17-19;1-2/h3,7,10-11,13-14,17-18,22,28H,1,4-6,8-9,12,15-16H2,2H3,(H,29,30);1-2H3/t22-;/m0./s1. The Kier molecular flexibility index (Phi) is 14.0. The lowest BCUT2D eigenvalue weighted by Gasteiger charge is -2.26. The first-order valence-corrected chi connectivity index (χ1v) is 12.1. The van der Waals surface area contributed by atoms with Crippen molar-refractivity contribution < 1.29 is 19.7 Å². The van der Waals surface area contributed by atoms with Crippen molar-refractivity contribution >= 4 is 23.3 Å². The van der Waals surface area contributed by atoms with Gasteiger partial charge in [-0.3, -0.25) is 0 Å². The van der Waals surface area contributed by atoms with Crippen molar-refractivity contribution in [2.24, 2.45) is 0 Å². The Morgan fingerprint density at radius 3 is 2.58 bits per heavy atom. The van der Waals surface area contributed by atoms with Gasteiger partial charge >= 0.3 is 5.97 Å². The zero-order valence-electron chi connectivity index (χ0n) is 20.1. The van der Waals surface area contributed by atoms with Crippen molar-refractivity contribution in [3.8, 4) is 5.75 Å². The molecule has 0 aliphatic heterocycles. The van der Waals surface area contributed by atoms with Crippen LogP contribution in [0.4, 0.5) is 5.69 Å². The Labute approximate surface area is 203 Å². The van der Waals surface area contributed by atoms with Crippen LogP contribution in [0.25, 0.3) is 0 Å². The monoisotopic (exact) mass is 475 g/mol. The van der Waals surface area contributed by atoms with Gasteiger partial charge in [-0.25, -0.2) is 4.79 Å². The number of aliphatic hydroxyl groups is 1. The minimum Gasteiger partial charge on any atom is -0.491 e. The van der Waals surface area contributed by atoms with E-state index in [-0.39, 0.29) is 5.56 Å². The molecule has 0 bridgehead atoms. The van der Waals surface area contributed by atoms with Gasteiger partial charge in [0.05, 0.1) is 24.0 Å². The van der Waals surface area contributed by atoms with Crippen LogP contribution in [0.5, 0.6) is 5.75 Å². The van der Waals surface area contributed by atoms with Gasteiger partial charge in [0.2, 0.25) is 0 Å². The van der Waals surface area contributed by atoms with Gasteiger partial charge < -0.3 is 19.8 Å². The average Bonchev–Trinajstić information content (AvgIpc) is 2.83. The molecule has 6 heteroatoms. The van der Waals surface area contributed by atoms with Crippen LogP contribution in [0.15, 0.2) is 55.1 Å². The highest BCUT2D eigenvalue weighted by Crippen LogP contribution is 2.30. The van der Waals surface area contributed by atoms with Gasteiger partial charge in [0.1, 0.15) is 5.75 Å². The predicted octanol–water partition coefficient (Wildman–Crippen LogP) is 6.62. The Bertz CT molecular complexity index is 856. The molecule has 0 fully saturated rings. The molecule has 0 aliphatic carbocycles.